The van der Waals surface area contributed by atoms with Crippen molar-refractivity contribution < 1.29 is 14.3 Å². The fourth-order valence-electron chi connectivity index (χ4n) is 2.77. The molecule has 1 N–H and O–H groups in total. The minimum atomic E-state index is -0.466. The molecule has 1 aliphatic carbocycles. The van der Waals surface area contributed by atoms with Gasteiger partial charge in [0, 0.05) is 11.6 Å². The Morgan fingerprint density at radius 1 is 1.04 bits per heavy atom. The Morgan fingerprint density at radius 3 is 2.58 bits per heavy atom. The molecule has 0 aliphatic heterocycles. The molecule has 1 amide bonds. The van der Waals surface area contributed by atoms with E-state index in [2.05, 4.69) is 5.32 Å². The first-order valence-electron chi connectivity index (χ1n) is 7.92. The Bertz CT molecular complexity index is 756. The zero-order valence-corrected chi connectivity index (χ0v) is 13.9. The van der Waals surface area contributed by atoms with Crippen LogP contribution in [0.3, 0.4) is 0 Å². The molecule has 0 spiro atoms. The first kappa shape index (κ1) is 16.5. The van der Waals surface area contributed by atoms with Crippen LogP contribution in [0.4, 0.5) is 0 Å². The molecule has 2 aromatic rings. The van der Waals surface area contributed by atoms with Gasteiger partial charge in [-0.2, -0.15) is 0 Å². The average Bonchev–Trinajstić information content (AvgIpc) is 3.06. The summed E-state index contributed by atoms with van der Waals surface area (Å²) in [6.45, 7) is 0.0793. The molecule has 0 unspecified atom stereocenters. The number of ether oxygens (including phenoxy) is 1. The molecule has 0 radical (unpaired) electrons. The maximum absolute atomic E-state index is 12.0. The van der Waals surface area contributed by atoms with Gasteiger partial charge in [0.15, 0.2) is 6.61 Å². The third-order valence-electron chi connectivity index (χ3n) is 4.07. The van der Waals surface area contributed by atoms with Gasteiger partial charge in [-0.1, -0.05) is 29.8 Å². The fourth-order valence-corrected chi connectivity index (χ4v) is 2.89. The predicted octanol–water partition coefficient (Wildman–Crippen LogP) is 3.30. The molecule has 2 aromatic carbocycles. The maximum Gasteiger partial charge on any atom is 0.338 e. The van der Waals surface area contributed by atoms with Gasteiger partial charge in [0.05, 0.1) is 5.56 Å². The molecule has 0 atom stereocenters. The highest BCUT2D eigenvalue weighted by molar-refractivity contribution is 6.30. The summed E-state index contributed by atoms with van der Waals surface area (Å²) < 4.78 is 5.09. The lowest BCUT2D eigenvalue weighted by molar-refractivity contribution is -0.124. The number of hydrogen-bond donors (Lipinski definition) is 1. The normalized spacial score (nSPS) is 12.5. The van der Waals surface area contributed by atoms with Gasteiger partial charge in [-0.25, -0.2) is 4.79 Å². The largest absolute Gasteiger partial charge is 0.452 e. The molecule has 0 aromatic heterocycles. The van der Waals surface area contributed by atoms with Gasteiger partial charge >= 0.3 is 5.97 Å². The summed E-state index contributed by atoms with van der Waals surface area (Å²) >= 11 is 5.81. The van der Waals surface area contributed by atoms with Crippen molar-refractivity contribution in [3.8, 4) is 0 Å². The standard InChI is InChI=1S/C19H18ClNO3/c20-17-8-4-13(5-9-17)11-21-18(22)12-24-19(23)16-7-6-14-2-1-3-15(14)10-16/h4-10H,1-3,11-12H2,(H,21,22). The molecule has 5 heteroatoms. The molecular weight excluding hydrogens is 326 g/mol. The highest BCUT2D eigenvalue weighted by Crippen LogP contribution is 2.23. The van der Waals surface area contributed by atoms with Crippen LogP contribution in [0.2, 0.25) is 5.02 Å². The second-order valence-corrected chi connectivity index (χ2v) is 6.25. The average molecular weight is 344 g/mol. The van der Waals surface area contributed by atoms with Crippen LogP contribution < -0.4 is 5.32 Å². The van der Waals surface area contributed by atoms with Gasteiger partial charge in [-0.05, 0) is 60.2 Å². The molecule has 4 nitrogen and oxygen atoms in total. The summed E-state index contributed by atoms with van der Waals surface area (Å²) in [5.41, 5.74) is 3.93. The first-order valence-corrected chi connectivity index (χ1v) is 8.30. The highest BCUT2D eigenvalue weighted by Gasteiger charge is 2.15. The molecular formula is C19H18ClNO3. The minimum absolute atomic E-state index is 0.288. The minimum Gasteiger partial charge on any atom is -0.452 e. The lowest BCUT2D eigenvalue weighted by Gasteiger charge is -2.08. The second-order valence-electron chi connectivity index (χ2n) is 5.82. The number of hydrogen-bond acceptors (Lipinski definition) is 3. The van der Waals surface area contributed by atoms with Gasteiger partial charge < -0.3 is 10.1 Å². The summed E-state index contributed by atoms with van der Waals surface area (Å²) in [6, 6.07) is 12.8. The summed E-state index contributed by atoms with van der Waals surface area (Å²) in [4.78, 5) is 23.8. The Morgan fingerprint density at radius 2 is 1.79 bits per heavy atom. The van der Waals surface area contributed by atoms with Crippen molar-refractivity contribution in [2.45, 2.75) is 25.8 Å². The monoisotopic (exact) mass is 343 g/mol. The Labute approximate surface area is 145 Å². The van der Waals surface area contributed by atoms with E-state index in [0.717, 1.165) is 24.8 Å². The molecule has 3 rings (SSSR count). The molecule has 124 valence electrons. The van der Waals surface area contributed by atoms with E-state index >= 15 is 0 Å². The van der Waals surface area contributed by atoms with Crippen molar-refractivity contribution in [2.75, 3.05) is 6.61 Å². The van der Waals surface area contributed by atoms with Crippen molar-refractivity contribution in [3.63, 3.8) is 0 Å². The smallest absolute Gasteiger partial charge is 0.338 e. The van der Waals surface area contributed by atoms with E-state index in [1.807, 2.05) is 24.3 Å². The number of amides is 1. The van der Waals surface area contributed by atoms with Gasteiger partial charge in [0.1, 0.15) is 0 Å². The van der Waals surface area contributed by atoms with Crippen molar-refractivity contribution in [3.05, 3.63) is 69.7 Å². The lowest BCUT2D eigenvalue weighted by atomic mass is 10.1. The van der Waals surface area contributed by atoms with Crippen molar-refractivity contribution in [2.24, 2.45) is 0 Å². The molecule has 24 heavy (non-hydrogen) atoms. The molecule has 0 heterocycles. The summed E-state index contributed by atoms with van der Waals surface area (Å²) in [5, 5.41) is 3.35. The van der Waals surface area contributed by atoms with Gasteiger partial charge in [-0.15, -0.1) is 0 Å². The van der Waals surface area contributed by atoms with E-state index in [0.29, 0.717) is 17.1 Å². The number of rotatable bonds is 5. The second kappa shape index (κ2) is 7.49. The van der Waals surface area contributed by atoms with E-state index < -0.39 is 5.97 Å². The Kier molecular flexibility index (Phi) is 5.16. The van der Waals surface area contributed by atoms with Crippen molar-refractivity contribution in [1.29, 1.82) is 0 Å². The number of nitrogens with one attached hydrogen (secondary N) is 1. The zero-order chi connectivity index (χ0) is 16.9. The molecule has 0 saturated carbocycles. The number of fused-ring (bicyclic) bond motifs is 1. The highest BCUT2D eigenvalue weighted by atomic mass is 35.5. The summed E-state index contributed by atoms with van der Waals surface area (Å²) in [7, 11) is 0. The van der Waals surface area contributed by atoms with Crippen LogP contribution in [-0.2, 0) is 28.9 Å². The van der Waals surface area contributed by atoms with Crippen LogP contribution in [0.5, 0.6) is 0 Å². The summed E-state index contributed by atoms with van der Waals surface area (Å²) in [5.74, 6) is -0.800. The topological polar surface area (TPSA) is 55.4 Å². The first-order chi connectivity index (χ1) is 11.6. The van der Waals surface area contributed by atoms with Gasteiger partial charge in [0.25, 0.3) is 5.91 Å². The van der Waals surface area contributed by atoms with Crippen LogP contribution in [0.15, 0.2) is 42.5 Å². The number of benzene rings is 2. The van der Waals surface area contributed by atoms with Gasteiger partial charge in [0.2, 0.25) is 0 Å². The van der Waals surface area contributed by atoms with E-state index in [9.17, 15) is 9.59 Å². The van der Waals surface area contributed by atoms with Crippen molar-refractivity contribution in [1.82, 2.24) is 5.32 Å². The van der Waals surface area contributed by atoms with E-state index in [-0.39, 0.29) is 12.5 Å². The lowest BCUT2D eigenvalue weighted by Crippen LogP contribution is -2.28. The summed E-state index contributed by atoms with van der Waals surface area (Å²) in [6.07, 6.45) is 3.19. The zero-order valence-electron chi connectivity index (χ0n) is 13.2. The Hall–Kier alpha value is -2.33. The van der Waals surface area contributed by atoms with E-state index in [1.165, 1.54) is 11.1 Å². The molecule has 0 saturated heterocycles. The molecule has 0 fully saturated rings. The van der Waals surface area contributed by atoms with Crippen LogP contribution in [0, 0.1) is 0 Å². The SMILES string of the molecule is O=C(COC(=O)c1ccc2c(c1)CCC2)NCc1ccc(Cl)cc1. The third-order valence-corrected chi connectivity index (χ3v) is 4.32. The van der Waals surface area contributed by atoms with Crippen LogP contribution in [0.1, 0.15) is 33.5 Å². The molecule has 0 bridgehead atoms. The number of aryl methyl sites for hydroxylation is 2. The number of halogens is 1. The fraction of sp³-hybridized carbons (Fsp3) is 0.263. The third kappa shape index (κ3) is 4.15. The number of carbonyl (C=O) groups is 2. The van der Waals surface area contributed by atoms with Crippen LogP contribution >= 0.6 is 11.6 Å². The van der Waals surface area contributed by atoms with Crippen LogP contribution in [-0.4, -0.2) is 18.5 Å². The van der Waals surface area contributed by atoms with Crippen LogP contribution in [0.25, 0.3) is 0 Å². The van der Waals surface area contributed by atoms with E-state index in [1.54, 1.807) is 18.2 Å². The maximum atomic E-state index is 12.0. The van der Waals surface area contributed by atoms with Gasteiger partial charge in [-0.3, -0.25) is 4.79 Å². The van der Waals surface area contributed by atoms with Crippen molar-refractivity contribution >= 4 is 23.5 Å². The number of esters is 1. The Balaban J connectivity index is 1.47. The van der Waals surface area contributed by atoms with E-state index in [4.69, 9.17) is 16.3 Å². The molecule has 1 aliphatic rings. The predicted molar refractivity (Wildman–Crippen MR) is 92.0 cm³/mol. The number of carbonyl (C=O) groups excluding carboxylic acids is 2. The quantitative estimate of drug-likeness (QED) is 0.847.